The normalized spacial score (nSPS) is 16.1. The van der Waals surface area contributed by atoms with E-state index in [1.54, 1.807) is 0 Å². The SMILES string of the molecule is Cc1cccc(NC(CN)CC(=O)NC2CC2)c1. The second kappa shape index (κ2) is 5.87. The molecule has 4 N–H and O–H groups in total. The standard InChI is InChI=1S/C14H21N3O/c1-10-3-2-4-12(7-10)16-13(9-15)8-14(18)17-11-5-6-11/h2-4,7,11,13,16H,5-6,8-9,15H2,1H3,(H,17,18). The number of benzene rings is 1. The maximum atomic E-state index is 11.7. The van der Waals surface area contributed by atoms with Crippen molar-refractivity contribution in [3.05, 3.63) is 29.8 Å². The smallest absolute Gasteiger partial charge is 0.222 e. The maximum Gasteiger partial charge on any atom is 0.222 e. The zero-order valence-corrected chi connectivity index (χ0v) is 10.8. The third kappa shape index (κ3) is 4.04. The van der Waals surface area contributed by atoms with E-state index in [2.05, 4.69) is 16.7 Å². The summed E-state index contributed by atoms with van der Waals surface area (Å²) in [6.07, 6.45) is 2.66. The van der Waals surface area contributed by atoms with Crippen molar-refractivity contribution in [2.75, 3.05) is 11.9 Å². The first kappa shape index (κ1) is 12.9. The highest BCUT2D eigenvalue weighted by molar-refractivity contribution is 5.77. The fourth-order valence-corrected chi connectivity index (χ4v) is 1.90. The Kier molecular flexibility index (Phi) is 4.20. The minimum atomic E-state index is -0.00875. The van der Waals surface area contributed by atoms with Crippen molar-refractivity contribution in [1.29, 1.82) is 0 Å². The monoisotopic (exact) mass is 247 g/mol. The van der Waals surface area contributed by atoms with Crippen LogP contribution in [0.5, 0.6) is 0 Å². The van der Waals surface area contributed by atoms with Crippen LogP contribution in [0.15, 0.2) is 24.3 Å². The number of carbonyl (C=O) groups excluding carboxylic acids is 1. The largest absolute Gasteiger partial charge is 0.381 e. The summed E-state index contributed by atoms with van der Waals surface area (Å²) >= 11 is 0. The first-order valence-corrected chi connectivity index (χ1v) is 6.50. The van der Waals surface area contributed by atoms with Gasteiger partial charge in [-0.15, -0.1) is 0 Å². The van der Waals surface area contributed by atoms with Crippen molar-refractivity contribution in [1.82, 2.24) is 5.32 Å². The van der Waals surface area contributed by atoms with Gasteiger partial charge in [-0.05, 0) is 37.5 Å². The van der Waals surface area contributed by atoms with Gasteiger partial charge in [0.05, 0.1) is 0 Å². The van der Waals surface area contributed by atoms with Gasteiger partial charge in [0.15, 0.2) is 0 Å². The molecule has 0 saturated heterocycles. The molecule has 0 heterocycles. The zero-order chi connectivity index (χ0) is 13.0. The molecule has 1 aromatic carbocycles. The summed E-state index contributed by atoms with van der Waals surface area (Å²) in [4.78, 5) is 11.7. The van der Waals surface area contributed by atoms with Gasteiger partial charge in [0.1, 0.15) is 0 Å². The van der Waals surface area contributed by atoms with Crippen molar-refractivity contribution in [3.8, 4) is 0 Å². The molecular formula is C14H21N3O. The van der Waals surface area contributed by atoms with E-state index in [-0.39, 0.29) is 11.9 Å². The number of nitrogens with one attached hydrogen (secondary N) is 2. The van der Waals surface area contributed by atoms with Gasteiger partial charge < -0.3 is 16.4 Å². The third-order valence-electron chi connectivity index (χ3n) is 3.05. The second-order valence-electron chi connectivity index (χ2n) is 4.99. The number of hydrogen-bond donors (Lipinski definition) is 3. The fraction of sp³-hybridized carbons (Fsp3) is 0.500. The van der Waals surface area contributed by atoms with Crippen LogP contribution in [0.4, 0.5) is 5.69 Å². The lowest BCUT2D eigenvalue weighted by Gasteiger charge is -2.18. The molecule has 0 aliphatic heterocycles. The molecule has 0 bridgehead atoms. The quantitative estimate of drug-likeness (QED) is 0.712. The van der Waals surface area contributed by atoms with Crippen LogP contribution in [0.25, 0.3) is 0 Å². The van der Waals surface area contributed by atoms with Crippen molar-refractivity contribution in [2.24, 2.45) is 5.73 Å². The molecule has 1 amide bonds. The first-order chi connectivity index (χ1) is 8.67. The molecule has 18 heavy (non-hydrogen) atoms. The summed E-state index contributed by atoms with van der Waals surface area (Å²) in [5.41, 5.74) is 7.92. The Morgan fingerprint density at radius 1 is 1.50 bits per heavy atom. The lowest BCUT2D eigenvalue weighted by atomic mass is 10.1. The Morgan fingerprint density at radius 2 is 2.28 bits per heavy atom. The second-order valence-corrected chi connectivity index (χ2v) is 4.99. The summed E-state index contributed by atoms with van der Waals surface area (Å²) in [5.74, 6) is 0.0908. The van der Waals surface area contributed by atoms with E-state index < -0.39 is 0 Å². The molecule has 2 rings (SSSR count). The lowest BCUT2D eigenvalue weighted by Crippen LogP contribution is -2.36. The Labute approximate surface area is 108 Å². The van der Waals surface area contributed by atoms with Crippen molar-refractivity contribution in [3.63, 3.8) is 0 Å². The van der Waals surface area contributed by atoms with Crippen LogP contribution in [0.2, 0.25) is 0 Å². The Bertz CT molecular complexity index is 415. The van der Waals surface area contributed by atoms with Gasteiger partial charge in [-0.25, -0.2) is 0 Å². The highest BCUT2D eigenvalue weighted by Gasteiger charge is 2.24. The predicted octanol–water partition coefficient (Wildman–Crippen LogP) is 1.40. The van der Waals surface area contributed by atoms with Gasteiger partial charge in [-0.2, -0.15) is 0 Å². The summed E-state index contributed by atoms with van der Waals surface area (Å²) in [7, 11) is 0. The molecule has 1 aliphatic rings. The summed E-state index contributed by atoms with van der Waals surface area (Å²) in [5, 5.41) is 6.29. The van der Waals surface area contributed by atoms with E-state index in [0.717, 1.165) is 18.5 Å². The molecule has 0 spiro atoms. The topological polar surface area (TPSA) is 67.1 Å². The van der Waals surface area contributed by atoms with Gasteiger partial charge in [0.25, 0.3) is 0 Å². The number of carbonyl (C=O) groups is 1. The van der Waals surface area contributed by atoms with Gasteiger partial charge in [-0.1, -0.05) is 12.1 Å². The maximum absolute atomic E-state index is 11.7. The molecule has 4 nitrogen and oxygen atoms in total. The molecule has 1 unspecified atom stereocenters. The van der Waals surface area contributed by atoms with Crippen LogP contribution in [0, 0.1) is 6.92 Å². The molecule has 1 fully saturated rings. The van der Waals surface area contributed by atoms with Crippen molar-refractivity contribution >= 4 is 11.6 Å². The fourth-order valence-electron chi connectivity index (χ4n) is 1.90. The minimum Gasteiger partial charge on any atom is -0.381 e. The Hall–Kier alpha value is -1.55. The van der Waals surface area contributed by atoms with Gasteiger partial charge in [0.2, 0.25) is 5.91 Å². The van der Waals surface area contributed by atoms with Crippen LogP contribution in [0.1, 0.15) is 24.8 Å². The summed E-state index contributed by atoms with van der Waals surface area (Å²) in [6.45, 7) is 2.49. The molecule has 98 valence electrons. The van der Waals surface area contributed by atoms with Crippen LogP contribution in [-0.4, -0.2) is 24.5 Å². The van der Waals surface area contributed by atoms with E-state index in [1.807, 2.05) is 25.1 Å². The van der Waals surface area contributed by atoms with Crippen LogP contribution in [-0.2, 0) is 4.79 Å². The first-order valence-electron chi connectivity index (χ1n) is 6.50. The highest BCUT2D eigenvalue weighted by Crippen LogP contribution is 2.19. The molecule has 1 aromatic rings. The predicted molar refractivity (Wildman–Crippen MR) is 73.4 cm³/mol. The van der Waals surface area contributed by atoms with Gasteiger partial charge in [0, 0.05) is 30.7 Å². The summed E-state index contributed by atoms with van der Waals surface area (Å²) in [6, 6.07) is 8.49. The molecule has 0 aromatic heterocycles. The number of amides is 1. The minimum absolute atomic E-state index is 0.00875. The van der Waals surface area contributed by atoms with Crippen LogP contribution in [0.3, 0.4) is 0 Å². The number of rotatable bonds is 6. The summed E-state index contributed by atoms with van der Waals surface area (Å²) < 4.78 is 0. The van der Waals surface area contributed by atoms with Crippen LogP contribution >= 0.6 is 0 Å². The highest BCUT2D eigenvalue weighted by atomic mass is 16.1. The van der Waals surface area contributed by atoms with Gasteiger partial charge in [-0.3, -0.25) is 4.79 Å². The number of aryl methyl sites for hydroxylation is 1. The molecule has 4 heteroatoms. The lowest BCUT2D eigenvalue weighted by molar-refractivity contribution is -0.121. The van der Waals surface area contributed by atoms with Crippen LogP contribution < -0.4 is 16.4 Å². The average Bonchev–Trinajstić information content (AvgIpc) is 3.12. The van der Waals surface area contributed by atoms with Crippen molar-refractivity contribution < 1.29 is 4.79 Å². The molecule has 1 saturated carbocycles. The zero-order valence-electron chi connectivity index (χ0n) is 10.8. The Balaban J connectivity index is 1.85. The number of hydrogen-bond acceptors (Lipinski definition) is 3. The molecule has 1 aliphatic carbocycles. The number of nitrogens with two attached hydrogens (primary N) is 1. The Morgan fingerprint density at radius 3 is 2.89 bits per heavy atom. The third-order valence-corrected chi connectivity index (χ3v) is 3.05. The molecule has 0 radical (unpaired) electrons. The number of anilines is 1. The van der Waals surface area contributed by atoms with E-state index in [4.69, 9.17) is 5.73 Å². The van der Waals surface area contributed by atoms with E-state index in [9.17, 15) is 4.79 Å². The van der Waals surface area contributed by atoms with Gasteiger partial charge >= 0.3 is 0 Å². The van der Waals surface area contributed by atoms with E-state index in [1.165, 1.54) is 5.56 Å². The van der Waals surface area contributed by atoms with E-state index in [0.29, 0.717) is 19.0 Å². The average molecular weight is 247 g/mol. The molecule has 1 atom stereocenters. The van der Waals surface area contributed by atoms with Crippen molar-refractivity contribution in [2.45, 2.75) is 38.3 Å². The van der Waals surface area contributed by atoms with E-state index >= 15 is 0 Å². The molecular weight excluding hydrogens is 226 g/mol.